The Labute approximate surface area is 99.6 Å². The minimum absolute atomic E-state index is 0.0736. The minimum Gasteiger partial charge on any atom is -0.355 e. The molecular weight excluding hydrogens is 202 g/mol. The summed E-state index contributed by atoms with van der Waals surface area (Å²) in [5, 5.41) is 9.33. The maximum absolute atomic E-state index is 11.3. The van der Waals surface area contributed by atoms with Crippen LogP contribution in [0.3, 0.4) is 0 Å². The van der Waals surface area contributed by atoms with Gasteiger partial charge in [-0.05, 0) is 26.7 Å². The average Bonchev–Trinajstić information content (AvgIpc) is 2.12. The third-order valence-electron chi connectivity index (χ3n) is 1.95. The van der Waals surface area contributed by atoms with Crippen LogP contribution in [0.2, 0.25) is 0 Å². The second kappa shape index (κ2) is 7.63. The van der Waals surface area contributed by atoms with Gasteiger partial charge in [-0.25, -0.2) is 0 Å². The molecule has 1 amide bonds. The summed E-state index contributed by atoms with van der Waals surface area (Å²) in [6, 6.07) is 0. The first-order chi connectivity index (χ1) is 7.31. The quantitative estimate of drug-likeness (QED) is 0.564. The van der Waals surface area contributed by atoms with E-state index in [-0.39, 0.29) is 11.4 Å². The van der Waals surface area contributed by atoms with E-state index >= 15 is 0 Å². The zero-order valence-corrected chi connectivity index (χ0v) is 11.3. The molecule has 4 nitrogen and oxygen atoms in total. The van der Waals surface area contributed by atoms with Crippen LogP contribution >= 0.6 is 0 Å². The van der Waals surface area contributed by atoms with Crippen LogP contribution in [0.4, 0.5) is 0 Å². The normalized spacial score (nSPS) is 11.9. The van der Waals surface area contributed by atoms with Crippen LogP contribution in [0.5, 0.6) is 0 Å². The lowest BCUT2D eigenvalue weighted by Gasteiger charge is -2.20. The first-order valence-electron chi connectivity index (χ1n) is 6.03. The van der Waals surface area contributed by atoms with Crippen molar-refractivity contribution in [3.63, 3.8) is 0 Å². The highest BCUT2D eigenvalue weighted by molar-refractivity contribution is 5.77. The molecule has 3 N–H and O–H groups in total. The van der Waals surface area contributed by atoms with Crippen molar-refractivity contribution in [1.29, 1.82) is 0 Å². The van der Waals surface area contributed by atoms with Gasteiger partial charge in [0, 0.05) is 25.2 Å². The van der Waals surface area contributed by atoms with Gasteiger partial charge in [0.15, 0.2) is 0 Å². The molecule has 4 heteroatoms. The summed E-state index contributed by atoms with van der Waals surface area (Å²) >= 11 is 0. The van der Waals surface area contributed by atoms with Gasteiger partial charge in [-0.3, -0.25) is 4.79 Å². The average molecular weight is 229 g/mol. The Morgan fingerprint density at radius 3 is 2.31 bits per heavy atom. The van der Waals surface area contributed by atoms with Gasteiger partial charge in [0.05, 0.1) is 6.54 Å². The Bertz CT molecular complexity index is 197. The van der Waals surface area contributed by atoms with Gasteiger partial charge in [0.2, 0.25) is 5.91 Å². The van der Waals surface area contributed by atoms with Gasteiger partial charge in [-0.2, -0.15) is 0 Å². The molecular formula is C12H27N3O. The largest absolute Gasteiger partial charge is 0.355 e. The third kappa shape index (κ3) is 11.5. The lowest BCUT2D eigenvalue weighted by molar-refractivity contribution is -0.120. The molecule has 0 aliphatic rings. The topological polar surface area (TPSA) is 53.2 Å². The molecule has 0 fully saturated rings. The van der Waals surface area contributed by atoms with Crippen molar-refractivity contribution in [1.82, 2.24) is 16.0 Å². The summed E-state index contributed by atoms with van der Waals surface area (Å²) in [6.07, 6.45) is 0. The van der Waals surface area contributed by atoms with Crippen LogP contribution in [0.15, 0.2) is 0 Å². The molecule has 0 bridgehead atoms. The van der Waals surface area contributed by atoms with E-state index in [0.717, 1.165) is 19.6 Å². The smallest absolute Gasteiger partial charge is 0.233 e. The van der Waals surface area contributed by atoms with Gasteiger partial charge >= 0.3 is 0 Å². The van der Waals surface area contributed by atoms with E-state index in [1.165, 1.54) is 0 Å². The highest BCUT2D eigenvalue weighted by Gasteiger charge is 2.07. The molecule has 0 aromatic carbocycles. The summed E-state index contributed by atoms with van der Waals surface area (Å²) in [5.74, 6) is 0.580. The van der Waals surface area contributed by atoms with Crippen molar-refractivity contribution in [2.75, 3.05) is 26.2 Å². The van der Waals surface area contributed by atoms with E-state index in [9.17, 15) is 4.79 Å². The fourth-order valence-corrected chi connectivity index (χ4v) is 1.11. The van der Waals surface area contributed by atoms with Gasteiger partial charge < -0.3 is 16.0 Å². The van der Waals surface area contributed by atoms with E-state index in [4.69, 9.17) is 0 Å². The molecule has 0 heterocycles. The van der Waals surface area contributed by atoms with Crippen molar-refractivity contribution < 1.29 is 4.79 Å². The van der Waals surface area contributed by atoms with Crippen molar-refractivity contribution in [3.05, 3.63) is 0 Å². The number of carbonyl (C=O) groups excluding carboxylic acids is 1. The zero-order chi connectivity index (χ0) is 12.6. The van der Waals surface area contributed by atoms with E-state index in [0.29, 0.717) is 12.5 Å². The monoisotopic (exact) mass is 229 g/mol. The fraction of sp³-hybridized carbons (Fsp3) is 0.917. The molecule has 16 heavy (non-hydrogen) atoms. The molecule has 0 aromatic heterocycles. The number of amides is 1. The van der Waals surface area contributed by atoms with Crippen molar-refractivity contribution in [2.45, 2.75) is 40.2 Å². The summed E-state index contributed by atoms with van der Waals surface area (Å²) in [7, 11) is 0. The predicted octanol–water partition coefficient (Wildman–Crippen LogP) is 0.736. The van der Waals surface area contributed by atoms with E-state index in [1.807, 2.05) is 0 Å². The Kier molecular flexibility index (Phi) is 7.34. The standard InChI is InChI=1S/C12H27N3O/c1-10(2)8-14-11(16)9-13-6-7-15-12(3,4)5/h10,13,15H,6-9H2,1-5H3,(H,14,16). The number of carbonyl (C=O) groups is 1. The van der Waals surface area contributed by atoms with Gasteiger partial charge in [-0.15, -0.1) is 0 Å². The number of rotatable bonds is 7. The van der Waals surface area contributed by atoms with Crippen molar-refractivity contribution >= 4 is 5.91 Å². The first kappa shape index (κ1) is 15.4. The van der Waals surface area contributed by atoms with Crippen LogP contribution in [0, 0.1) is 5.92 Å². The molecule has 0 aliphatic heterocycles. The maximum Gasteiger partial charge on any atom is 0.233 e. The van der Waals surface area contributed by atoms with Crippen LogP contribution in [0.25, 0.3) is 0 Å². The maximum atomic E-state index is 11.3. The zero-order valence-electron chi connectivity index (χ0n) is 11.3. The lowest BCUT2D eigenvalue weighted by atomic mass is 10.1. The van der Waals surface area contributed by atoms with E-state index in [2.05, 4.69) is 50.6 Å². The Hall–Kier alpha value is -0.610. The highest BCUT2D eigenvalue weighted by Crippen LogP contribution is 1.96. The van der Waals surface area contributed by atoms with Gasteiger partial charge in [0.1, 0.15) is 0 Å². The number of hydrogen-bond acceptors (Lipinski definition) is 3. The number of nitrogens with one attached hydrogen (secondary N) is 3. The SMILES string of the molecule is CC(C)CNC(=O)CNCCNC(C)(C)C. The van der Waals surface area contributed by atoms with Crippen LogP contribution < -0.4 is 16.0 Å². The molecule has 0 aliphatic carbocycles. The molecule has 0 saturated heterocycles. The summed E-state index contributed by atoms with van der Waals surface area (Å²) in [5.41, 5.74) is 0.140. The molecule has 0 atom stereocenters. The van der Waals surface area contributed by atoms with Crippen LogP contribution in [0.1, 0.15) is 34.6 Å². The molecule has 0 radical (unpaired) electrons. The van der Waals surface area contributed by atoms with Crippen molar-refractivity contribution in [3.8, 4) is 0 Å². The molecule has 0 spiro atoms. The van der Waals surface area contributed by atoms with Crippen molar-refractivity contribution in [2.24, 2.45) is 5.92 Å². The lowest BCUT2D eigenvalue weighted by Crippen LogP contribution is -2.42. The van der Waals surface area contributed by atoms with E-state index < -0.39 is 0 Å². The molecule has 96 valence electrons. The fourth-order valence-electron chi connectivity index (χ4n) is 1.11. The van der Waals surface area contributed by atoms with Crippen LogP contribution in [-0.4, -0.2) is 37.6 Å². The van der Waals surface area contributed by atoms with Crippen LogP contribution in [-0.2, 0) is 4.79 Å². The molecule has 0 aromatic rings. The summed E-state index contributed by atoms with van der Waals surface area (Å²) in [4.78, 5) is 11.3. The second-order valence-corrected chi connectivity index (χ2v) is 5.55. The summed E-state index contributed by atoms with van der Waals surface area (Å²) < 4.78 is 0. The number of hydrogen-bond donors (Lipinski definition) is 3. The predicted molar refractivity (Wildman–Crippen MR) is 68.5 cm³/mol. The Morgan fingerprint density at radius 1 is 1.19 bits per heavy atom. The Morgan fingerprint density at radius 2 is 1.81 bits per heavy atom. The minimum atomic E-state index is 0.0736. The highest BCUT2D eigenvalue weighted by atomic mass is 16.1. The first-order valence-corrected chi connectivity index (χ1v) is 6.03. The van der Waals surface area contributed by atoms with E-state index in [1.54, 1.807) is 0 Å². The Balaban J connectivity index is 3.35. The molecule has 0 saturated carbocycles. The summed E-state index contributed by atoms with van der Waals surface area (Å²) in [6.45, 7) is 13.4. The van der Waals surface area contributed by atoms with Gasteiger partial charge in [-0.1, -0.05) is 13.8 Å². The second-order valence-electron chi connectivity index (χ2n) is 5.55. The third-order valence-corrected chi connectivity index (χ3v) is 1.95. The van der Waals surface area contributed by atoms with Gasteiger partial charge in [0.25, 0.3) is 0 Å². The molecule has 0 unspecified atom stereocenters. The molecule has 0 rings (SSSR count).